The van der Waals surface area contributed by atoms with Crippen molar-refractivity contribution < 1.29 is 4.74 Å². The lowest BCUT2D eigenvalue weighted by molar-refractivity contribution is 0.452. The van der Waals surface area contributed by atoms with Crippen LogP contribution in [-0.2, 0) is 12.0 Å². The lowest BCUT2D eigenvalue weighted by Gasteiger charge is -2.19. The van der Waals surface area contributed by atoms with Gasteiger partial charge >= 0.3 is 0 Å². The summed E-state index contributed by atoms with van der Waals surface area (Å²) in [7, 11) is 0. The normalized spacial score (nSPS) is 11.4. The third-order valence-electron chi connectivity index (χ3n) is 3.19. The van der Waals surface area contributed by atoms with Gasteiger partial charge in [0.2, 0.25) is 5.88 Å². The largest absolute Gasteiger partial charge is 0.438 e. The maximum Gasteiger partial charge on any atom is 0.238 e. The average molecular weight is 285 g/mol. The van der Waals surface area contributed by atoms with Crippen molar-refractivity contribution >= 4 is 0 Å². The number of nitrogens with zero attached hydrogens (tertiary/aromatic N) is 2. The SMILES string of the molecule is CCNCc1ccc(Oc2ccc(C(C)(C)C)cc2)nn1. The van der Waals surface area contributed by atoms with Crippen LogP contribution in [-0.4, -0.2) is 16.7 Å². The quantitative estimate of drug-likeness (QED) is 0.910. The van der Waals surface area contributed by atoms with Crippen molar-refractivity contribution in [1.82, 2.24) is 15.5 Å². The summed E-state index contributed by atoms with van der Waals surface area (Å²) in [6.45, 7) is 10.3. The number of benzene rings is 1. The Bertz CT molecular complexity index is 556. The lowest BCUT2D eigenvalue weighted by Crippen LogP contribution is -2.13. The fourth-order valence-corrected chi connectivity index (χ4v) is 1.89. The van der Waals surface area contributed by atoms with Crippen LogP contribution in [0.15, 0.2) is 36.4 Å². The van der Waals surface area contributed by atoms with Crippen LogP contribution >= 0.6 is 0 Å². The molecule has 0 fully saturated rings. The molecule has 4 heteroatoms. The van der Waals surface area contributed by atoms with E-state index in [0.717, 1.165) is 24.5 Å². The maximum atomic E-state index is 5.71. The fraction of sp³-hybridized carbons (Fsp3) is 0.412. The first-order valence-electron chi connectivity index (χ1n) is 7.31. The predicted molar refractivity (Wildman–Crippen MR) is 84.6 cm³/mol. The first kappa shape index (κ1) is 15.4. The van der Waals surface area contributed by atoms with E-state index in [1.807, 2.05) is 24.3 Å². The summed E-state index contributed by atoms with van der Waals surface area (Å²) in [5, 5.41) is 11.4. The van der Waals surface area contributed by atoms with Gasteiger partial charge in [0.25, 0.3) is 0 Å². The molecule has 4 nitrogen and oxygen atoms in total. The van der Waals surface area contributed by atoms with Gasteiger partial charge in [-0.15, -0.1) is 5.10 Å². The molecule has 2 rings (SSSR count). The zero-order chi connectivity index (χ0) is 15.3. The zero-order valence-corrected chi connectivity index (χ0v) is 13.2. The van der Waals surface area contributed by atoms with E-state index in [4.69, 9.17) is 4.74 Å². The molecule has 0 atom stereocenters. The minimum absolute atomic E-state index is 0.145. The summed E-state index contributed by atoms with van der Waals surface area (Å²) in [6, 6.07) is 11.9. The van der Waals surface area contributed by atoms with Crippen molar-refractivity contribution in [2.45, 2.75) is 39.7 Å². The van der Waals surface area contributed by atoms with Crippen molar-refractivity contribution in [2.75, 3.05) is 6.54 Å². The third-order valence-corrected chi connectivity index (χ3v) is 3.19. The Balaban J connectivity index is 2.01. The molecule has 0 radical (unpaired) electrons. The molecule has 1 heterocycles. The molecule has 112 valence electrons. The number of hydrogen-bond acceptors (Lipinski definition) is 4. The van der Waals surface area contributed by atoms with Gasteiger partial charge in [-0.1, -0.05) is 39.8 Å². The minimum atomic E-state index is 0.145. The fourth-order valence-electron chi connectivity index (χ4n) is 1.89. The standard InChI is InChI=1S/C17H23N3O/c1-5-18-12-14-8-11-16(20-19-14)21-15-9-6-13(7-10-15)17(2,3)4/h6-11,18H,5,12H2,1-4H3. The molecular formula is C17H23N3O. The summed E-state index contributed by atoms with van der Waals surface area (Å²) >= 11 is 0. The molecule has 0 aliphatic carbocycles. The van der Waals surface area contributed by atoms with Crippen LogP contribution in [0.3, 0.4) is 0 Å². The molecule has 0 unspecified atom stereocenters. The van der Waals surface area contributed by atoms with Crippen molar-refractivity contribution in [1.29, 1.82) is 0 Å². The van der Waals surface area contributed by atoms with E-state index < -0.39 is 0 Å². The molecule has 1 aromatic heterocycles. The Morgan fingerprint density at radius 3 is 2.24 bits per heavy atom. The Labute approximate surface area is 126 Å². The van der Waals surface area contributed by atoms with Gasteiger partial charge in [0, 0.05) is 12.6 Å². The summed E-state index contributed by atoms with van der Waals surface area (Å²) in [4.78, 5) is 0. The molecule has 0 amide bonds. The van der Waals surface area contributed by atoms with Crippen molar-refractivity contribution in [3.63, 3.8) is 0 Å². The third kappa shape index (κ3) is 4.53. The van der Waals surface area contributed by atoms with Crippen LogP contribution < -0.4 is 10.1 Å². The van der Waals surface area contributed by atoms with E-state index in [1.165, 1.54) is 5.56 Å². The van der Waals surface area contributed by atoms with Crippen molar-refractivity contribution in [3.05, 3.63) is 47.7 Å². The topological polar surface area (TPSA) is 47.0 Å². The molecule has 0 saturated carbocycles. The van der Waals surface area contributed by atoms with Crippen molar-refractivity contribution in [3.8, 4) is 11.6 Å². The molecule has 1 aromatic carbocycles. The minimum Gasteiger partial charge on any atom is -0.438 e. The average Bonchev–Trinajstić information content (AvgIpc) is 2.46. The van der Waals surface area contributed by atoms with Crippen LogP contribution in [0.25, 0.3) is 0 Å². The lowest BCUT2D eigenvalue weighted by atomic mass is 9.87. The van der Waals surface area contributed by atoms with E-state index in [9.17, 15) is 0 Å². The number of aromatic nitrogens is 2. The highest BCUT2D eigenvalue weighted by molar-refractivity contribution is 5.33. The maximum absolute atomic E-state index is 5.71. The Hall–Kier alpha value is -1.94. The highest BCUT2D eigenvalue weighted by atomic mass is 16.5. The molecule has 0 aliphatic heterocycles. The van der Waals surface area contributed by atoms with Crippen LogP contribution in [0.4, 0.5) is 0 Å². The number of ether oxygens (including phenoxy) is 1. The molecule has 21 heavy (non-hydrogen) atoms. The molecule has 0 saturated heterocycles. The van der Waals surface area contributed by atoms with Crippen LogP contribution in [0.1, 0.15) is 39.0 Å². The second-order valence-corrected chi connectivity index (χ2v) is 6.02. The van der Waals surface area contributed by atoms with Gasteiger partial charge in [-0.05, 0) is 35.7 Å². The first-order chi connectivity index (χ1) is 9.99. The number of rotatable bonds is 5. The predicted octanol–water partition coefficient (Wildman–Crippen LogP) is 3.68. The summed E-state index contributed by atoms with van der Waals surface area (Å²) in [5.74, 6) is 1.29. The smallest absolute Gasteiger partial charge is 0.238 e. The van der Waals surface area contributed by atoms with Crippen molar-refractivity contribution in [2.24, 2.45) is 0 Å². The number of nitrogens with one attached hydrogen (secondary N) is 1. The second kappa shape index (κ2) is 6.68. The van der Waals surface area contributed by atoms with Gasteiger partial charge in [0.1, 0.15) is 5.75 Å². The van der Waals surface area contributed by atoms with E-state index in [2.05, 4.69) is 55.3 Å². The van der Waals surface area contributed by atoms with Gasteiger partial charge in [-0.25, -0.2) is 0 Å². The Morgan fingerprint density at radius 2 is 1.71 bits per heavy atom. The molecule has 0 spiro atoms. The van der Waals surface area contributed by atoms with E-state index in [-0.39, 0.29) is 5.41 Å². The monoisotopic (exact) mass is 285 g/mol. The molecular weight excluding hydrogens is 262 g/mol. The zero-order valence-electron chi connectivity index (χ0n) is 13.2. The first-order valence-corrected chi connectivity index (χ1v) is 7.31. The van der Waals surface area contributed by atoms with Gasteiger partial charge in [-0.3, -0.25) is 0 Å². The van der Waals surface area contributed by atoms with Gasteiger partial charge in [-0.2, -0.15) is 5.10 Å². The highest BCUT2D eigenvalue weighted by Gasteiger charge is 2.13. The molecule has 0 aliphatic rings. The summed E-state index contributed by atoms with van der Waals surface area (Å²) in [6.07, 6.45) is 0. The van der Waals surface area contributed by atoms with Gasteiger partial charge < -0.3 is 10.1 Å². The second-order valence-electron chi connectivity index (χ2n) is 6.02. The molecule has 2 aromatic rings. The van der Waals surface area contributed by atoms with Crippen LogP contribution in [0.5, 0.6) is 11.6 Å². The van der Waals surface area contributed by atoms with E-state index in [1.54, 1.807) is 0 Å². The highest BCUT2D eigenvalue weighted by Crippen LogP contribution is 2.26. The van der Waals surface area contributed by atoms with Crippen LogP contribution in [0, 0.1) is 0 Å². The Morgan fingerprint density at radius 1 is 1.00 bits per heavy atom. The van der Waals surface area contributed by atoms with Gasteiger partial charge in [0.05, 0.1) is 5.69 Å². The Kier molecular flexibility index (Phi) is 4.91. The number of hydrogen-bond donors (Lipinski definition) is 1. The van der Waals surface area contributed by atoms with Gasteiger partial charge in [0.15, 0.2) is 0 Å². The van der Waals surface area contributed by atoms with E-state index >= 15 is 0 Å². The van der Waals surface area contributed by atoms with Crippen LogP contribution in [0.2, 0.25) is 0 Å². The molecule has 1 N–H and O–H groups in total. The van der Waals surface area contributed by atoms with E-state index in [0.29, 0.717) is 5.88 Å². The summed E-state index contributed by atoms with van der Waals surface area (Å²) < 4.78 is 5.71. The summed E-state index contributed by atoms with van der Waals surface area (Å²) in [5.41, 5.74) is 2.33. The molecule has 0 bridgehead atoms.